The van der Waals surface area contributed by atoms with Gasteiger partial charge in [0.05, 0.1) is 17.2 Å². The molecule has 0 amide bonds. The van der Waals surface area contributed by atoms with Crippen LogP contribution in [0.4, 0.5) is 5.69 Å². The first-order valence-corrected chi connectivity index (χ1v) is 6.64. The Labute approximate surface area is 121 Å². The number of non-ortho nitro benzene ring substituents is 1. The van der Waals surface area contributed by atoms with Crippen molar-refractivity contribution in [2.45, 2.75) is 19.1 Å². The summed E-state index contributed by atoms with van der Waals surface area (Å²) in [6, 6.07) is 5.92. The van der Waals surface area contributed by atoms with Crippen LogP contribution in [0.2, 0.25) is 0 Å². The molecule has 0 saturated carbocycles. The van der Waals surface area contributed by atoms with Crippen molar-refractivity contribution in [2.24, 2.45) is 0 Å². The second-order valence-electron chi connectivity index (χ2n) is 4.59. The zero-order valence-corrected chi connectivity index (χ0v) is 11.4. The third-order valence-electron chi connectivity index (χ3n) is 3.04. The molecular formula is C13H17N5O3. The number of aryl methyl sites for hydroxylation is 1. The average Bonchev–Trinajstić information content (AvgIpc) is 3.00. The van der Waals surface area contributed by atoms with E-state index in [1.54, 1.807) is 29.2 Å². The van der Waals surface area contributed by atoms with Crippen LogP contribution in [0.15, 0.2) is 36.7 Å². The van der Waals surface area contributed by atoms with Gasteiger partial charge in [0, 0.05) is 31.4 Å². The monoisotopic (exact) mass is 291 g/mol. The predicted molar refractivity (Wildman–Crippen MR) is 75.6 cm³/mol. The first kappa shape index (κ1) is 15.1. The molecule has 1 aromatic carbocycles. The van der Waals surface area contributed by atoms with Crippen LogP contribution in [-0.4, -0.2) is 38.1 Å². The van der Waals surface area contributed by atoms with Gasteiger partial charge in [-0.3, -0.25) is 14.8 Å². The molecule has 0 bridgehead atoms. The fourth-order valence-electron chi connectivity index (χ4n) is 1.89. The molecule has 0 fully saturated rings. The second-order valence-corrected chi connectivity index (χ2v) is 4.59. The summed E-state index contributed by atoms with van der Waals surface area (Å²) in [6.07, 6.45) is 3.62. The molecule has 0 aliphatic carbocycles. The Balaban J connectivity index is 1.69. The minimum Gasteiger partial charge on any atom is -0.387 e. The number of hydrogen-bond donors (Lipinski definition) is 2. The molecule has 112 valence electrons. The Hall–Kier alpha value is -2.32. The first-order chi connectivity index (χ1) is 10.2. The molecular weight excluding hydrogens is 274 g/mol. The molecule has 1 atom stereocenters. The van der Waals surface area contributed by atoms with Crippen LogP contribution >= 0.6 is 0 Å². The molecule has 1 unspecified atom stereocenters. The van der Waals surface area contributed by atoms with Crippen LogP contribution in [0.25, 0.3) is 0 Å². The van der Waals surface area contributed by atoms with Gasteiger partial charge in [-0.05, 0) is 30.7 Å². The van der Waals surface area contributed by atoms with E-state index in [4.69, 9.17) is 0 Å². The van der Waals surface area contributed by atoms with E-state index >= 15 is 0 Å². The number of nitro groups is 1. The van der Waals surface area contributed by atoms with Crippen molar-refractivity contribution in [2.75, 3.05) is 13.1 Å². The largest absolute Gasteiger partial charge is 0.387 e. The highest BCUT2D eigenvalue weighted by Gasteiger charge is 2.09. The van der Waals surface area contributed by atoms with Crippen LogP contribution in [-0.2, 0) is 6.54 Å². The van der Waals surface area contributed by atoms with Crippen LogP contribution in [0.3, 0.4) is 0 Å². The van der Waals surface area contributed by atoms with Crippen LogP contribution in [0, 0.1) is 10.1 Å². The van der Waals surface area contributed by atoms with Crippen molar-refractivity contribution < 1.29 is 10.0 Å². The van der Waals surface area contributed by atoms with E-state index in [9.17, 15) is 15.2 Å². The van der Waals surface area contributed by atoms with Crippen LogP contribution in [0.5, 0.6) is 0 Å². The van der Waals surface area contributed by atoms with Gasteiger partial charge in [0.15, 0.2) is 0 Å². The lowest BCUT2D eigenvalue weighted by Crippen LogP contribution is -2.23. The topological polar surface area (TPSA) is 106 Å². The molecule has 2 N–H and O–H groups in total. The number of hydrogen-bond acceptors (Lipinski definition) is 6. The second kappa shape index (κ2) is 7.46. The molecule has 21 heavy (non-hydrogen) atoms. The Kier molecular flexibility index (Phi) is 5.35. The van der Waals surface area contributed by atoms with E-state index in [-0.39, 0.29) is 5.69 Å². The van der Waals surface area contributed by atoms with Gasteiger partial charge in [0.25, 0.3) is 5.69 Å². The van der Waals surface area contributed by atoms with E-state index in [2.05, 4.69) is 15.6 Å². The molecule has 0 saturated heterocycles. The number of aromatic nitrogens is 3. The highest BCUT2D eigenvalue weighted by atomic mass is 16.6. The summed E-state index contributed by atoms with van der Waals surface area (Å²) in [5, 5.41) is 31.2. The lowest BCUT2D eigenvalue weighted by atomic mass is 10.1. The number of aliphatic hydroxyl groups is 1. The number of rotatable bonds is 8. The van der Waals surface area contributed by atoms with Gasteiger partial charge < -0.3 is 10.4 Å². The maximum Gasteiger partial charge on any atom is 0.269 e. The molecule has 2 aromatic rings. The average molecular weight is 291 g/mol. The predicted octanol–water partition coefficient (Wildman–Crippen LogP) is 0.900. The number of nitrogens with one attached hydrogen (secondary N) is 1. The standard InChI is InChI=1S/C13H17N5O3/c19-13(11-2-4-12(5-3-11)18(20)21)10-14-6-1-8-17-9-7-15-16-17/h2-5,7,9,13-14,19H,1,6,8,10H2. The summed E-state index contributed by atoms with van der Waals surface area (Å²) < 4.78 is 1.74. The fraction of sp³-hybridized carbons (Fsp3) is 0.385. The summed E-state index contributed by atoms with van der Waals surface area (Å²) in [5.41, 5.74) is 0.677. The van der Waals surface area contributed by atoms with E-state index in [0.717, 1.165) is 19.5 Å². The lowest BCUT2D eigenvalue weighted by molar-refractivity contribution is -0.384. The van der Waals surface area contributed by atoms with Crippen LogP contribution in [0.1, 0.15) is 18.1 Å². The highest BCUT2D eigenvalue weighted by molar-refractivity contribution is 5.33. The molecule has 8 heteroatoms. The third-order valence-corrected chi connectivity index (χ3v) is 3.04. The SMILES string of the molecule is O=[N+]([O-])c1ccc(C(O)CNCCCn2ccnn2)cc1. The van der Waals surface area contributed by atoms with Crippen molar-refractivity contribution in [1.82, 2.24) is 20.3 Å². The van der Waals surface area contributed by atoms with Gasteiger partial charge in [-0.15, -0.1) is 5.10 Å². The Morgan fingerprint density at radius 1 is 1.38 bits per heavy atom. The summed E-state index contributed by atoms with van der Waals surface area (Å²) in [7, 11) is 0. The molecule has 1 aromatic heterocycles. The normalized spacial score (nSPS) is 12.2. The first-order valence-electron chi connectivity index (χ1n) is 6.64. The molecule has 0 spiro atoms. The number of nitro benzene ring substituents is 1. The van der Waals surface area contributed by atoms with E-state index in [1.165, 1.54) is 12.1 Å². The quantitative estimate of drug-likeness (QED) is 0.425. The zero-order valence-electron chi connectivity index (χ0n) is 11.4. The molecule has 1 heterocycles. The van der Waals surface area contributed by atoms with Crippen molar-refractivity contribution in [1.29, 1.82) is 0 Å². The summed E-state index contributed by atoms with van der Waals surface area (Å²) in [4.78, 5) is 10.1. The smallest absolute Gasteiger partial charge is 0.269 e. The zero-order chi connectivity index (χ0) is 15.1. The molecule has 0 aliphatic heterocycles. The molecule has 8 nitrogen and oxygen atoms in total. The van der Waals surface area contributed by atoms with Crippen molar-refractivity contribution in [3.63, 3.8) is 0 Å². The Morgan fingerprint density at radius 2 is 2.14 bits per heavy atom. The van der Waals surface area contributed by atoms with Gasteiger partial charge in [0.2, 0.25) is 0 Å². The van der Waals surface area contributed by atoms with E-state index in [0.29, 0.717) is 12.1 Å². The van der Waals surface area contributed by atoms with Crippen molar-refractivity contribution >= 4 is 5.69 Å². The molecule has 2 rings (SSSR count). The van der Waals surface area contributed by atoms with Gasteiger partial charge in [-0.25, -0.2) is 0 Å². The third kappa shape index (κ3) is 4.62. The maximum atomic E-state index is 10.5. The minimum atomic E-state index is -0.683. The minimum absolute atomic E-state index is 0.0201. The summed E-state index contributed by atoms with van der Waals surface area (Å²) >= 11 is 0. The van der Waals surface area contributed by atoms with Crippen LogP contribution < -0.4 is 5.32 Å². The van der Waals surface area contributed by atoms with E-state index < -0.39 is 11.0 Å². The van der Waals surface area contributed by atoms with Gasteiger partial charge in [-0.1, -0.05) is 5.21 Å². The Morgan fingerprint density at radius 3 is 2.76 bits per heavy atom. The molecule has 0 aliphatic rings. The summed E-state index contributed by atoms with van der Waals surface area (Å²) in [5.74, 6) is 0. The Bertz CT molecular complexity index is 556. The number of aliphatic hydroxyl groups excluding tert-OH is 1. The number of nitrogens with zero attached hydrogens (tertiary/aromatic N) is 4. The lowest BCUT2D eigenvalue weighted by Gasteiger charge is -2.12. The van der Waals surface area contributed by atoms with Crippen molar-refractivity contribution in [3.05, 3.63) is 52.3 Å². The van der Waals surface area contributed by atoms with Gasteiger partial charge >= 0.3 is 0 Å². The van der Waals surface area contributed by atoms with Gasteiger partial charge in [-0.2, -0.15) is 0 Å². The highest BCUT2D eigenvalue weighted by Crippen LogP contribution is 2.17. The maximum absolute atomic E-state index is 10.5. The van der Waals surface area contributed by atoms with E-state index in [1.807, 2.05) is 0 Å². The summed E-state index contributed by atoms with van der Waals surface area (Å²) in [6.45, 7) is 1.90. The fourth-order valence-corrected chi connectivity index (χ4v) is 1.89. The molecule has 0 radical (unpaired) electrons. The van der Waals surface area contributed by atoms with Gasteiger partial charge in [0.1, 0.15) is 0 Å². The van der Waals surface area contributed by atoms with Crippen molar-refractivity contribution in [3.8, 4) is 0 Å². The number of benzene rings is 1.